The first-order valence-electron chi connectivity index (χ1n) is 5.86. The minimum absolute atomic E-state index is 0. The maximum Gasteiger partial charge on any atom is 0.123 e. The average Bonchev–Trinajstić information content (AvgIpc) is 2.40. The summed E-state index contributed by atoms with van der Waals surface area (Å²) in [7, 11) is 1.65. The van der Waals surface area contributed by atoms with Crippen molar-refractivity contribution in [3.05, 3.63) is 65.5 Å². The fraction of sp³-hybridized carbons (Fsp3) is 0.200. The lowest BCUT2D eigenvalue weighted by atomic mass is 10.2. The molecule has 2 nitrogen and oxygen atoms in total. The van der Waals surface area contributed by atoms with E-state index in [-0.39, 0.29) is 22.8 Å². The molecule has 0 bridgehead atoms. The van der Waals surface area contributed by atoms with Gasteiger partial charge in [0.2, 0.25) is 0 Å². The Morgan fingerprint density at radius 3 is 2.32 bits per heavy atom. The molecular weight excluding hydrogens is 309 g/mol. The molecule has 4 heteroatoms. The van der Waals surface area contributed by atoms with Crippen molar-refractivity contribution in [2.45, 2.75) is 13.1 Å². The molecule has 2 aromatic rings. The van der Waals surface area contributed by atoms with Crippen LogP contribution in [0.4, 0.5) is 4.39 Å². The van der Waals surface area contributed by atoms with Gasteiger partial charge in [-0.1, -0.05) is 24.3 Å². The second kappa shape index (κ2) is 7.92. The Hall–Kier alpha value is -1.39. The van der Waals surface area contributed by atoms with E-state index in [1.54, 1.807) is 19.2 Å². The van der Waals surface area contributed by atoms with E-state index in [1.807, 2.05) is 30.3 Å². The summed E-state index contributed by atoms with van der Waals surface area (Å²) < 4.78 is 18.1. The summed E-state index contributed by atoms with van der Waals surface area (Å²) in [5, 5.41) is 3.28. The molecule has 0 radical (unpaired) electrons. The molecule has 0 aromatic heterocycles. The van der Waals surface area contributed by atoms with Gasteiger partial charge >= 0.3 is 0 Å². The van der Waals surface area contributed by atoms with Crippen LogP contribution in [0.5, 0.6) is 5.75 Å². The minimum Gasteiger partial charge on any atom is -0.497 e. The molecular formula is C15H17BrFNO. The van der Waals surface area contributed by atoms with Crippen molar-refractivity contribution in [1.82, 2.24) is 5.32 Å². The smallest absolute Gasteiger partial charge is 0.123 e. The van der Waals surface area contributed by atoms with Crippen molar-refractivity contribution in [3.63, 3.8) is 0 Å². The molecule has 0 aliphatic heterocycles. The van der Waals surface area contributed by atoms with Crippen molar-refractivity contribution in [3.8, 4) is 5.75 Å². The molecule has 0 amide bonds. The van der Waals surface area contributed by atoms with Gasteiger partial charge in [0.05, 0.1) is 7.11 Å². The molecule has 0 heterocycles. The zero-order valence-corrected chi connectivity index (χ0v) is 12.4. The molecule has 0 unspecified atom stereocenters. The number of nitrogens with one attached hydrogen (secondary N) is 1. The monoisotopic (exact) mass is 325 g/mol. The number of hydrogen-bond acceptors (Lipinski definition) is 2. The van der Waals surface area contributed by atoms with E-state index in [0.717, 1.165) is 17.9 Å². The number of ether oxygens (including phenoxy) is 1. The van der Waals surface area contributed by atoms with Crippen LogP contribution in [-0.2, 0) is 13.1 Å². The SMILES string of the molecule is Br.COc1ccc(CNCc2cccc(F)c2)cc1. The van der Waals surface area contributed by atoms with Gasteiger partial charge in [0.25, 0.3) is 0 Å². The van der Waals surface area contributed by atoms with Crippen molar-refractivity contribution in [2.24, 2.45) is 0 Å². The Bertz CT molecular complexity index is 502. The van der Waals surface area contributed by atoms with Gasteiger partial charge in [0.1, 0.15) is 11.6 Å². The maximum absolute atomic E-state index is 13.0. The second-order valence-electron chi connectivity index (χ2n) is 4.08. The standard InChI is InChI=1S/C15H16FNO.BrH/c1-18-15-7-5-12(6-8-15)10-17-11-13-3-2-4-14(16)9-13;/h2-9,17H,10-11H2,1H3;1H. The number of benzene rings is 2. The molecule has 0 spiro atoms. The molecule has 0 saturated carbocycles. The summed E-state index contributed by atoms with van der Waals surface area (Å²) in [4.78, 5) is 0. The number of hydrogen-bond donors (Lipinski definition) is 1. The molecule has 0 fully saturated rings. The first kappa shape index (κ1) is 15.7. The van der Waals surface area contributed by atoms with Crippen molar-refractivity contribution in [2.75, 3.05) is 7.11 Å². The fourth-order valence-electron chi connectivity index (χ4n) is 1.74. The largest absolute Gasteiger partial charge is 0.497 e. The lowest BCUT2D eigenvalue weighted by molar-refractivity contribution is 0.414. The van der Waals surface area contributed by atoms with Crippen LogP contribution in [-0.4, -0.2) is 7.11 Å². The normalized spacial score (nSPS) is 9.79. The third-order valence-electron chi connectivity index (χ3n) is 2.71. The van der Waals surface area contributed by atoms with E-state index in [2.05, 4.69) is 5.32 Å². The molecule has 2 aromatic carbocycles. The number of halogens is 2. The van der Waals surface area contributed by atoms with Gasteiger partial charge in [-0.3, -0.25) is 0 Å². The van der Waals surface area contributed by atoms with Crippen LogP contribution in [0.25, 0.3) is 0 Å². The minimum atomic E-state index is -0.196. The van der Waals surface area contributed by atoms with Crippen LogP contribution in [0.2, 0.25) is 0 Å². The van der Waals surface area contributed by atoms with Crippen LogP contribution in [0.15, 0.2) is 48.5 Å². The molecule has 2 rings (SSSR count). The van der Waals surface area contributed by atoms with Crippen LogP contribution >= 0.6 is 17.0 Å². The van der Waals surface area contributed by atoms with Crippen molar-refractivity contribution < 1.29 is 9.13 Å². The van der Waals surface area contributed by atoms with Gasteiger partial charge in [-0.05, 0) is 35.4 Å². The molecule has 102 valence electrons. The summed E-state index contributed by atoms with van der Waals surface area (Å²) in [6.45, 7) is 1.41. The van der Waals surface area contributed by atoms with Gasteiger partial charge in [-0.2, -0.15) is 0 Å². The Kier molecular flexibility index (Phi) is 6.53. The van der Waals surface area contributed by atoms with Crippen molar-refractivity contribution in [1.29, 1.82) is 0 Å². The van der Waals surface area contributed by atoms with Crippen molar-refractivity contribution >= 4 is 17.0 Å². The summed E-state index contributed by atoms with van der Waals surface area (Å²) in [6, 6.07) is 14.5. The van der Waals surface area contributed by atoms with E-state index in [0.29, 0.717) is 6.54 Å². The lowest BCUT2D eigenvalue weighted by Gasteiger charge is -2.06. The predicted molar refractivity (Wildman–Crippen MR) is 80.3 cm³/mol. The van der Waals surface area contributed by atoms with Gasteiger partial charge in [-0.25, -0.2) is 4.39 Å². The summed E-state index contributed by atoms with van der Waals surface area (Å²) in [5.74, 6) is 0.655. The van der Waals surface area contributed by atoms with Gasteiger partial charge in [0.15, 0.2) is 0 Å². The van der Waals surface area contributed by atoms with Crippen LogP contribution in [0.3, 0.4) is 0 Å². The van der Waals surface area contributed by atoms with Gasteiger partial charge in [0, 0.05) is 13.1 Å². The summed E-state index contributed by atoms with van der Waals surface area (Å²) in [5.41, 5.74) is 2.12. The first-order valence-corrected chi connectivity index (χ1v) is 5.86. The quantitative estimate of drug-likeness (QED) is 0.905. The van der Waals surface area contributed by atoms with E-state index in [9.17, 15) is 4.39 Å². The Morgan fingerprint density at radius 1 is 1.00 bits per heavy atom. The predicted octanol–water partition coefficient (Wildman–Crippen LogP) is 3.70. The van der Waals surface area contributed by atoms with Crippen LogP contribution in [0.1, 0.15) is 11.1 Å². The number of methoxy groups -OCH3 is 1. The Morgan fingerprint density at radius 2 is 1.68 bits per heavy atom. The highest BCUT2D eigenvalue weighted by Gasteiger charge is 1.97. The molecule has 0 aliphatic rings. The second-order valence-corrected chi connectivity index (χ2v) is 4.08. The molecule has 1 N–H and O–H groups in total. The highest BCUT2D eigenvalue weighted by atomic mass is 79.9. The van der Waals surface area contributed by atoms with E-state index in [4.69, 9.17) is 4.74 Å². The van der Waals surface area contributed by atoms with E-state index >= 15 is 0 Å². The fourth-order valence-corrected chi connectivity index (χ4v) is 1.74. The highest BCUT2D eigenvalue weighted by molar-refractivity contribution is 8.93. The number of rotatable bonds is 5. The molecule has 0 aliphatic carbocycles. The average molecular weight is 326 g/mol. The zero-order valence-electron chi connectivity index (χ0n) is 10.7. The third-order valence-corrected chi connectivity index (χ3v) is 2.71. The first-order chi connectivity index (χ1) is 8.78. The highest BCUT2D eigenvalue weighted by Crippen LogP contribution is 2.11. The lowest BCUT2D eigenvalue weighted by Crippen LogP contribution is -2.12. The van der Waals surface area contributed by atoms with E-state index < -0.39 is 0 Å². The van der Waals surface area contributed by atoms with Gasteiger partial charge < -0.3 is 10.1 Å². The maximum atomic E-state index is 13.0. The molecule has 0 saturated heterocycles. The van der Waals surface area contributed by atoms with Gasteiger partial charge in [-0.15, -0.1) is 17.0 Å². The third kappa shape index (κ3) is 5.01. The summed E-state index contributed by atoms with van der Waals surface area (Å²) in [6.07, 6.45) is 0. The topological polar surface area (TPSA) is 21.3 Å². The Balaban J connectivity index is 0.00000180. The summed E-state index contributed by atoms with van der Waals surface area (Å²) >= 11 is 0. The molecule has 0 atom stereocenters. The molecule has 19 heavy (non-hydrogen) atoms. The van der Waals surface area contributed by atoms with E-state index in [1.165, 1.54) is 11.6 Å². The van der Waals surface area contributed by atoms with Crippen LogP contribution < -0.4 is 10.1 Å². The Labute approximate surface area is 123 Å². The van der Waals surface area contributed by atoms with Crippen LogP contribution in [0, 0.1) is 5.82 Å². The zero-order chi connectivity index (χ0) is 12.8.